The van der Waals surface area contributed by atoms with Gasteiger partial charge in [0.15, 0.2) is 0 Å². The van der Waals surface area contributed by atoms with Crippen LogP contribution in [0.1, 0.15) is 20.9 Å². The average Bonchev–Trinajstić information content (AvgIpc) is 3.62. The predicted molar refractivity (Wildman–Crippen MR) is 214 cm³/mol. The summed E-state index contributed by atoms with van der Waals surface area (Å²) in [5.41, 5.74) is 7.25. The summed E-state index contributed by atoms with van der Waals surface area (Å²) < 4.78 is 11.1. The van der Waals surface area contributed by atoms with Gasteiger partial charge in [0.2, 0.25) is 0 Å². The van der Waals surface area contributed by atoms with Gasteiger partial charge in [-0.1, -0.05) is 72.8 Å². The van der Waals surface area contributed by atoms with Crippen LogP contribution in [0.15, 0.2) is 106 Å². The molecule has 8 rings (SSSR count). The molecular weight excluding hydrogens is 791 g/mol. The Morgan fingerprint density at radius 1 is 0.532 bits per heavy atom. The lowest BCUT2D eigenvalue weighted by Crippen LogP contribution is -1.89. The molecule has 0 atom stereocenters. The molecule has 1 nitrogen and oxygen atoms in total. The second-order valence-electron chi connectivity index (χ2n) is 11.6. The highest BCUT2D eigenvalue weighted by Gasteiger charge is 2.21. The number of alkyl halides is 2. The molecular formula is C40H26Br2Cl2OS2. The van der Waals surface area contributed by atoms with Crippen molar-refractivity contribution in [3.8, 4) is 33.8 Å². The molecule has 0 fully saturated rings. The van der Waals surface area contributed by atoms with Crippen molar-refractivity contribution in [3.05, 3.63) is 127 Å². The fourth-order valence-electron chi connectivity index (χ4n) is 6.70. The Kier molecular flexibility index (Phi) is 8.36. The number of benzene rings is 6. The first-order chi connectivity index (χ1) is 22.9. The van der Waals surface area contributed by atoms with Gasteiger partial charge in [0.25, 0.3) is 0 Å². The third kappa shape index (κ3) is 5.13. The monoisotopic (exact) mass is 814 g/mol. The number of rotatable bonds is 6. The van der Waals surface area contributed by atoms with Crippen LogP contribution in [0.3, 0.4) is 0 Å². The Labute approximate surface area is 308 Å². The molecule has 8 aromatic rings. The molecule has 0 saturated carbocycles. The van der Waals surface area contributed by atoms with E-state index >= 15 is 0 Å². The van der Waals surface area contributed by atoms with Crippen molar-refractivity contribution in [2.75, 3.05) is 0 Å². The lowest BCUT2D eigenvalue weighted by Gasteiger charge is -2.14. The molecule has 0 saturated heterocycles. The molecule has 6 aromatic carbocycles. The predicted octanol–water partition coefficient (Wildman–Crippen LogP) is 15.2. The maximum Gasteiger partial charge on any atom is 0.127 e. The third-order valence-corrected chi connectivity index (χ3v) is 14.7. The Bertz CT molecular complexity index is 2320. The van der Waals surface area contributed by atoms with Gasteiger partial charge in [0.1, 0.15) is 11.5 Å². The molecule has 0 N–H and O–H groups in total. The summed E-state index contributed by atoms with van der Waals surface area (Å²) in [6, 6.07) is 34.0. The molecule has 0 aliphatic heterocycles. The first-order valence-electron chi connectivity index (χ1n) is 15.1. The quantitative estimate of drug-likeness (QED) is 0.152. The van der Waals surface area contributed by atoms with Crippen LogP contribution in [-0.4, -0.2) is 0 Å². The normalized spacial score (nSPS) is 11.8. The zero-order chi connectivity index (χ0) is 32.4. The van der Waals surface area contributed by atoms with Crippen LogP contribution in [0.5, 0.6) is 11.5 Å². The number of fused-ring (bicyclic) bond motifs is 4. The number of thiophene rings is 2. The molecule has 0 aliphatic carbocycles. The second-order valence-corrected chi connectivity index (χ2v) is 15.9. The number of halogens is 4. The summed E-state index contributed by atoms with van der Waals surface area (Å²) in [5, 5.41) is 7.34. The lowest BCUT2D eigenvalue weighted by atomic mass is 9.93. The smallest absolute Gasteiger partial charge is 0.127 e. The van der Waals surface area contributed by atoms with Crippen molar-refractivity contribution >= 4 is 119 Å². The minimum atomic E-state index is 0.503. The Morgan fingerprint density at radius 2 is 0.894 bits per heavy atom. The zero-order valence-corrected chi connectivity index (χ0v) is 31.7. The maximum absolute atomic E-state index is 6.39. The largest absolute Gasteiger partial charge is 0.457 e. The summed E-state index contributed by atoms with van der Waals surface area (Å²) in [7, 11) is 0. The fourth-order valence-corrected chi connectivity index (χ4v) is 11.2. The number of hydrogen-bond acceptors (Lipinski definition) is 3. The lowest BCUT2D eigenvalue weighted by molar-refractivity contribution is 0.483. The summed E-state index contributed by atoms with van der Waals surface area (Å²) in [6.45, 7) is 4.36. The van der Waals surface area contributed by atoms with E-state index in [0.717, 1.165) is 31.6 Å². The topological polar surface area (TPSA) is 9.23 Å². The molecule has 0 bridgehead atoms. The van der Waals surface area contributed by atoms with Crippen molar-refractivity contribution in [2.24, 2.45) is 0 Å². The highest BCUT2D eigenvalue weighted by molar-refractivity contribution is 9.11. The first kappa shape index (κ1) is 31.4. The van der Waals surface area contributed by atoms with E-state index in [9.17, 15) is 0 Å². The molecule has 2 aromatic heterocycles. The van der Waals surface area contributed by atoms with Crippen molar-refractivity contribution in [1.82, 2.24) is 0 Å². The van der Waals surface area contributed by atoms with Gasteiger partial charge in [0.05, 0.1) is 21.2 Å². The zero-order valence-electron chi connectivity index (χ0n) is 25.4. The number of hydrogen-bond donors (Lipinski definition) is 0. The van der Waals surface area contributed by atoms with Crippen molar-refractivity contribution in [3.63, 3.8) is 0 Å². The summed E-state index contributed by atoms with van der Waals surface area (Å²) in [5.74, 6) is 2.59. The number of ether oxygens (including phenoxy) is 1. The summed E-state index contributed by atoms with van der Waals surface area (Å²) in [6.07, 6.45) is 0. The molecule has 0 amide bonds. The van der Waals surface area contributed by atoms with Gasteiger partial charge >= 0.3 is 0 Å². The minimum Gasteiger partial charge on any atom is -0.457 e. The van der Waals surface area contributed by atoms with Gasteiger partial charge in [-0.3, -0.25) is 0 Å². The van der Waals surface area contributed by atoms with Crippen molar-refractivity contribution in [2.45, 2.75) is 25.6 Å². The Hall–Kier alpha value is -2.90. The van der Waals surface area contributed by atoms with Gasteiger partial charge in [0, 0.05) is 29.5 Å². The van der Waals surface area contributed by atoms with E-state index in [4.69, 9.17) is 27.9 Å². The van der Waals surface area contributed by atoms with Crippen LogP contribution in [0.25, 0.3) is 64.0 Å². The molecule has 0 spiro atoms. The van der Waals surface area contributed by atoms with Crippen LogP contribution in [-0.2, 0) is 11.8 Å². The summed E-state index contributed by atoms with van der Waals surface area (Å²) >= 11 is 24.1. The third-order valence-electron chi connectivity index (χ3n) is 9.02. The minimum absolute atomic E-state index is 0.503. The molecule has 232 valence electrons. The SMILES string of the molecule is Cc1c(CCl)sc2c(Br)c3ccccc3c(-c3ccc(Oc4ccc(-c5c6ccccc6c(Br)c6sc(CCl)c(C)c56)cc4)cc3)c12. The summed E-state index contributed by atoms with van der Waals surface area (Å²) in [4.78, 5) is 2.40. The second kappa shape index (κ2) is 12.5. The highest BCUT2D eigenvalue weighted by atomic mass is 79.9. The van der Waals surface area contributed by atoms with Crippen LogP contribution < -0.4 is 4.74 Å². The maximum atomic E-state index is 6.39. The van der Waals surface area contributed by atoms with Crippen LogP contribution in [0.4, 0.5) is 0 Å². The van der Waals surface area contributed by atoms with Gasteiger partial charge in [-0.05, 0) is 125 Å². The van der Waals surface area contributed by atoms with Gasteiger partial charge in [-0.25, -0.2) is 0 Å². The van der Waals surface area contributed by atoms with E-state index in [1.807, 2.05) is 0 Å². The number of aryl methyl sites for hydroxylation is 2. The average molecular weight is 817 g/mol. The van der Waals surface area contributed by atoms with Crippen LogP contribution in [0, 0.1) is 13.8 Å². The van der Waals surface area contributed by atoms with Crippen LogP contribution >= 0.6 is 77.7 Å². The fraction of sp³-hybridized carbons (Fsp3) is 0.100. The van der Waals surface area contributed by atoms with E-state index < -0.39 is 0 Å². The highest BCUT2D eigenvalue weighted by Crippen LogP contribution is 2.49. The molecule has 2 heterocycles. The standard InChI is InChI=1S/C40H26Br2Cl2OS2/c1-21-31(19-43)46-39-33(21)35(27-7-3-5-9-29(27)37(39)41)23-11-15-25(16-12-23)45-26-17-13-24(14-18-26)36-28-8-4-6-10-30(28)38(42)40-34(36)22(2)32(20-44)47-40/h3-18H,19-20H2,1-2H3. The van der Waals surface area contributed by atoms with Crippen molar-refractivity contribution < 1.29 is 4.74 Å². The Balaban J connectivity index is 1.16. The Morgan fingerprint density at radius 3 is 1.26 bits per heavy atom. The van der Waals surface area contributed by atoms with Gasteiger partial charge in [-0.2, -0.15) is 0 Å². The van der Waals surface area contributed by atoms with E-state index in [1.54, 1.807) is 22.7 Å². The molecule has 0 aliphatic rings. The molecule has 0 unspecified atom stereocenters. The first-order valence-corrected chi connectivity index (χ1v) is 19.4. The van der Waals surface area contributed by atoms with Crippen molar-refractivity contribution in [1.29, 1.82) is 0 Å². The van der Waals surface area contributed by atoms with E-state index in [1.165, 1.54) is 73.7 Å². The van der Waals surface area contributed by atoms with E-state index in [-0.39, 0.29) is 0 Å². The molecule has 0 radical (unpaired) electrons. The van der Waals surface area contributed by atoms with E-state index in [0.29, 0.717) is 11.8 Å². The molecule has 7 heteroatoms. The molecule has 47 heavy (non-hydrogen) atoms. The van der Waals surface area contributed by atoms with E-state index in [2.05, 4.69) is 143 Å². The van der Waals surface area contributed by atoms with Gasteiger partial charge in [-0.15, -0.1) is 45.9 Å². The van der Waals surface area contributed by atoms with Gasteiger partial charge < -0.3 is 4.74 Å². The van der Waals surface area contributed by atoms with Crippen LogP contribution in [0.2, 0.25) is 0 Å².